The van der Waals surface area contributed by atoms with Gasteiger partial charge in [0.25, 0.3) is 5.91 Å². The number of aryl methyl sites for hydroxylation is 1. The van der Waals surface area contributed by atoms with E-state index in [1.165, 1.54) is 6.26 Å². The summed E-state index contributed by atoms with van der Waals surface area (Å²) >= 11 is 0. The largest absolute Gasteiger partial charge is 0.459 e. The molecule has 0 fully saturated rings. The van der Waals surface area contributed by atoms with Crippen LogP contribution in [-0.2, 0) is 13.0 Å². The summed E-state index contributed by atoms with van der Waals surface area (Å²) in [6.45, 7) is 2.35. The van der Waals surface area contributed by atoms with Crippen molar-refractivity contribution in [3.63, 3.8) is 0 Å². The first-order valence-electron chi connectivity index (χ1n) is 10.3. The number of hydrazone groups is 1. The number of hydrogen-bond acceptors (Lipinski definition) is 7. The summed E-state index contributed by atoms with van der Waals surface area (Å²) in [7, 11) is 0. The molecule has 1 aliphatic heterocycles. The molecule has 5 rings (SSSR count). The fraction of sp³-hybridized carbons (Fsp3) is 0.261. The number of hydrogen-bond donors (Lipinski definition) is 2. The van der Waals surface area contributed by atoms with Crippen molar-refractivity contribution < 1.29 is 27.9 Å². The van der Waals surface area contributed by atoms with Crippen LogP contribution >= 0.6 is 0 Å². The summed E-state index contributed by atoms with van der Waals surface area (Å²) < 4.78 is 21.7. The summed E-state index contributed by atoms with van der Waals surface area (Å²) in [5.41, 5.74) is 5.57. The van der Waals surface area contributed by atoms with Gasteiger partial charge < -0.3 is 23.6 Å². The standard InChI is InChI=1S/C23H21N3O6/c1-13-20-15(25-26-22(27)18-6-3-9-29-18)4-2-5-17(20)32-21(13)23(28)24-11-14-7-8-16-19(10-14)31-12-30-16/h3,6-10H,2,4-5,11-12H2,1H3,(H,24,28)(H,26,27)/b25-15+. The Morgan fingerprint density at radius 2 is 1.97 bits per heavy atom. The summed E-state index contributed by atoms with van der Waals surface area (Å²) in [4.78, 5) is 25.0. The van der Waals surface area contributed by atoms with E-state index in [0.29, 0.717) is 47.9 Å². The first kappa shape index (κ1) is 19.9. The van der Waals surface area contributed by atoms with Crippen LogP contribution in [0.4, 0.5) is 0 Å². The van der Waals surface area contributed by atoms with Crippen molar-refractivity contribution in [2.45, 2.75) is 32.7 Å². The lowest BCUT2D eigenvalue weighted by atomic mass is 9.93. The maximum Gasteiger partial charge on any atom is 0.307 e. The van der Waals surface area contributed by atoms with Gasteiger partial charge in [0, 0.05) is 24.1 Å². The lowest BCUT2D eigenvalue weighted by molar-refractivity contribution is 0.0916. The first-order valence-corrected chi connectivity index (χ1v) is 10.3. The van der Waals surface area contributed by atoms with Crippen LogP contribution in [0.5, 0.6) is 11.5 Å². The smallest absolute Gasteiger partial charge is 0.307 e. The Hall–Kier alpha value is -4.01. The van der Waals surface area contributed by atoms with E-state index >= 15 is 0 Å². The number of fused-ring (bicyclic) bond motifs is 2. The molecule has 1 aromatic carbocycles. The van der Waals surface area contributed by atoms with E-state index in [1.54, 1.807) is 12.1 Å². The van der Waals surface area contributed by atoms with Crippen LogP contribution in [-0.4, -0.2) is 24.3 Å². The molecule has 2 aromatic heterocycles. The van der Waals surface area contributed by atoms with Crippen molar-refractivity contribution in [1.82, 2.24) is 10.7 Å². The van der Waals surface area contributed by atoms with E-state index in [0.717, 1.165) is 17.5 Å². The van der Waals surface area contributed by atoms with Gasteiger partial charge in [0.2, 0.25) is 6.79 Å². The van der Waals surface area contributed by atoms with Crippen LogP contribution in [0, 0.1) is 6.92 Å². The highest BCUT2D eigenvalue weighted by molar-refractivity contribution is 6.07. The average molecular weight is 435 g/mol. The number of furan rings is 2. The number of nitrogens with zero attached hydrogens (tertiary/aromatic N) is 1. The van der Waals surface area contributed by atoms with E-state index in [-0.39, 0.29) is 24.2 Å². The molecule has 0 saturated heterocycles. The van der Waals surface area contributed by atoms with E-state index in [4.69, 9.17) is 18.3 Å². The average Bonchev–Trinajstić information content (AvgIpc) is 3.56. The van der Waals surface area contributed by atoms with E-state index in [2.05, 4.69) is 15.8 Å². The third-order valence-electron chi connectivity index (χ3n) is 5.46. The highest BCUT2D eigenvalue weighted by Gasteiger charge is 2.28. The number of rotatable bonds is 5. The van der Waals surface area contributed by atoms with Crippen molar-refractivity contribution in [3.8, 4) is 11.5 Å². The van der Waals surface area contributed by atoms with Crippen molar-refractivity contribution in [2.75, 3.05) is 6.79 Å². The molecule has 32 heavy (non-hydrogen) atoms. The van der Waals surface area contributed by atoms with E-state index in [9.17, 15) is 9.59 Å². The Bertz CT molecular complexity index is 1210. The van der Waals surface area contributed by atoms with Crippen LogP contribution < -0.4 is 20.2 Å². The third-order valence-corrected chi connectivity index (χ3v) is 5.46. The molecule has 9 nitrogen and oxygen atoms in total. The SMILES string of the molecule is Cc1c(C(=O)NCc2ccc3c(c2)OCO3)oc2c1/C(=N/NC(=O)c1ccco1)CCC2. The molecule has 164 valence electrons. The topological polar surface area (TPSA) is 115 Å². The first-order chi connectivity index (χ1) is 15.6. The molecule has 0 radical (unpaired) electrons. The van der Waals surface area contributed by atoms with Gasteiger partial charge in [0.05, 0.1) is 12.0 Å². The number of amides is 2. The fourth-order valence-corrected chi connectivity index (χ4v) is 3.89. The highest BCUT2D eigenvalue weighted by Crippen LogP contribution is 2.33. The second-order valence-electron chi connectivity index (χ2n) is 7.55. The van der Waals surface area contributed by atoms with Gasteiger partial charge in [-0.1, -0.05) is 6.07 Å². The quantitative estimate of drug-likeness (QED) is 0.594. The van der Waals surface area contributed by atoms with Crippen molar-refractivity contribution in [2.24, 2.45) is 5.10 Å². The third kappa shape index (κ3) is 3.73. The maximum absolute atomic E-state index is 12.8. The van der Waals surface area contributed by atoms with Crippen molar-refractivity contribution in [1.29, 1.82) is 0 Å². The van der Waals surface area contributed by atoms with Crippen LogP contribution in [0.3, 0.4) is 0 Å². The minimum Gasteiger partial charge on any atom is -0.459 e. The number of nitrogens with one attached hydrogen (secondary N) is 2. The predicted octanol–water partition coefficient (Wildman–Crippen LogP) is 3.31. The zero-order chi connectivity index (χ0) is 22.1. The molecule has 0 spiro atoms. The lowest BCUT2D eigenvalue weighted by Gasteiger charge is -2.13. The minimum absolute atomic E-state index is 0.179. The molecule has 0 unspecified atom stereocenters. The van der Waals surface area contributed by atoms with Gasteiger partial charge in [-0.15, -0.1) is 0 Å². The maximum atomic E-state index is 12.8. The molecule has 0 bridgehead atoms. The summed E-state index contributed by atoms with van der Waals surface area (Å²) in [5, 5.41) is 7.17. The van der Waals surface area contributed by atoms with Crippen molar-refractivity contribution in [3.05, 3.63) is 70.6 Å². The molecule has 3 aromatic rings. The molecule has 2 N–H and O–H groups in total. The Morgan fingerprint density at radius 3 is 2.81 bits per heavy atom. The van der Waals surface area contributed by atoms with Gasteiger partial charge in [-0.05, 0) is 49.6 Å². The second kappa shape index (κ2) is 8.26. The molecule has 0 atom stereocenters. The molecule has 2 amide bonds. The number of ether oxygens (including phenoxy) is 2. The normalized spacial score (nSPS) is 15.5. The summed E-state index contributed by atoms with van der Waals surface area (Å²) in [5.74, 6) is 1.75. The van der Waals surface area contributed by atoms with Crippen LogP contribution in [0.15, 0.2) is 50.5 Å². The van der Waals surface area contributed by atoms with Gasteiger partial charge in [0.15, 0.2) is 23.0 Å². The number of benzene rings is 1. The van der Waals surface area contributed by atoms with Gasteiger partial charge in [-0.2, -0.15) is 5.10 Å². The number of carbonyl (C=O) groups excluding carboxylic acids is 2. The zero-order valence-electron chi connectivity index (χ0n) is 17.4. The van der Waals surface area contributed by atoms with Gasteiger partial charge >= 0.3 is 5.91 Å². The molecule has 3 heterocycles. The molecule has 2 aliphatic rings. The molecular formula is C23H21N3O6. The molecule has 9 heteroatoms. The lowest BCUT2D eigenvalue weighted by Crippen LogP contribution is -2.23. The summed E-state index contributed by atoms with van der Waals surface area (Å²) in [6.07, 6.45) is 3.62. The molecular weight excluding hydrogens is 414 g/mol. The second-order valence-corrected chi connectivity index (χ2v) is 7.55. The minimum atomic E-state index is -0.433. The molecule has 0 saturated carbocycles. The van der Waals surface area contributed by atoms with Crippen LogP contribution in [0.2, 0.25) is 0 Å². The van der Waals surface area contributed by atoms with Gasteiger partial charge in [0.1, 0.15) is 5.76 Å². The molecule has 1 aliphatic carbocycles. The monoisotopic (exact) mass is 435 g/mol. The highest BCUT2D eigenvalue weighted by atomic mass is 16.7. The summed E-state index contributed by atoms with van der Waals surface area (Å²) in [6, 6.07) is 8.73. The fourth-order valence-electron chi connectivity index (χ4n) is 3.89. The van der Waals surface area contributed by atoms with E-state index in [1.807, 2.05) is 25.1 Å². The Balaban J connectivity index is 1.31. The van der Waals surface area contributed by atoms with Crippen LogP contribution in [0.1, 0.15) is 56.4 Å². The van der Waals surface area contributed by atoms with Crippen LogP contribution in [0.25, 0.3) is 0 Å². The predicted molar refractivity (Wildman–Crippen MR) is 113 cm³/mol. The van der Waals surface area contributed by atoms with E-state index < -0.39 is 5.91 Å². The van der Waals surface area contributed by atoms with Crippen molar-refractivity contribution >= 4 is 17.5 Å². The zero-order valence-corrected chi connectivity index (χ0v) is 17.4. The Kier molecular flexibility index (Phi) is 5.14. The number of carbonyl (C=O) groups is 2. The van der Waals surface area contributed by atoms with Gasteiger partial charge in [-0.3, -0.25) is 9.59 Å². The Morgan fingerprint density at radius 1 is 1.09 bits per heavy atom. The Labute approximate surface area is 183 Å². The van der Waals surface area contributed by atoms with Gasteiger partial charge in [-0.25, -0.2) is 5.43 Å².